The van der Waals surface area contributed by atoms with Crippen LogP contribution in [0.3, 0.4) is 0 Å². The van der Waals surface area contributed by atoms with Crippen molar-refractivity contribution in [1.29, 1.82) is 0 Å². The predicted molar refractivity (Wildman–Crippen MR) is 36.0 cm³/mol. The highest BCUT2D eigenvalue weighted by Crippen LogP contribution is 2.59. The molecule has 2 fully saturated rings. The molecule has 1 nitrogen and oxygen atoms in total. The van der Waals surface area contributed by atoms with Crippen molar-refractivity contribution in [1.82, 2.24) is 0 Å². The van der Waals surface area contributed by atoms with E-state index in [1.165, 1.54) is 19.3 Å². The number of aliphatic hydroxyl groups is 1. The Morgan fingerprint density at radius 3 is 2.33 bits per heavy atom. The molecule has 0 aromatic carbocycles. The number of hydrogen-bond acceptors (Lipinski definition) is 1. The molecule has 2 saturated carbocycles. The zero-order valence-electron chi connectivity index (χ0n) is 5.93. The minimum Gasteiger partial charge on any atom is -0.396 e. The van der Waals surface area contributed by atoms with Gasteiger partial charge in [-0.25, -0.2) is 0 Å². The van der Waals surface area contributed by atoms with Crippen molar-refractivity contribution in [2.45, 2.75) is 26.2 Å². The van der Waals surface area contributed by atoms with Crippen molar-refractivity contribution in [3.63, 3.8) is 0 Å². The standard InChI is InChI=1S/C8H14O/c1-8(5-9)3-6-2-7(6)4-8/h6-7,9H,2-5H2,1H3. The lowest BCUT2D eigenvalue weighted by Gasteiger charge is -2.21. The van der Waals surface area contributed by atoms with Crippen LogP contribution < -0.4 is 0 Å². The van der Waals surface area contributed by atoms with Crippen molar-refractivity contribution >= 4 is 0 Å². The van der Waals surface area contributed by atoms with E-state index in [-0.39, 0.29) is 0 Å². The summed E-state index contributed by atoms with van der Waals surface area (Å²) in [6.07, 6.45) is 4.03. The number of hydrogen-bond donors (Lipinski definition) is 1. The van der Waals surface area contributed by atoms with Crippen LogP contribution in [0.1, 0.15) is 26.2 Å². The van der Waals surface area contributed by atoms with Gasteiger partial charge >= 0.3 is 0 Å². The van der Waals surface area contributed by atoms with Crippen LogP contribution in [-0.2, 0) is 0 Å². The Kier molecular flexibility index (Phi) is 0.963. The SMILES string of the molecule is CC1(CO)CC2CC2C1. The second-order valence-electron chi connectivity index (χ2n) is 4.13. The van der Waals surface area contributed by atoms with E-state index in [0.29, 0.717) is 12.0 Å². The van der Waals surface area contributed by atoms with Gasteiger partial charge in [0.2, 0.25) is 0 Å². The largest absolute Gasteiger partial charge is 0.396 e. The Morgan fingerprint density at radius 2 is 2.00 bits per heavy atom. The summed E-state index contributed by atoms with van der Waals surface area (Å²) < 4.78 is 0. The van der Waals surface area contributed by atoms with Gasteiger partial charge in [-0.1, -0.05) is 6.92 Å². The molecule has 9 heavy (non-hydrogen) atoms. The Labute approximate surface area is 56.1 Å². The Hall–Kier alpha value is -0.0400. The van der Waals surface area contributed by atoms with E-state index in [2.05, 4.69) is 6.92 Å². The summed E-state index contributed by atoms with van der Waals surface area (Å²) in [5.74, 6) is 2.00. The molecule has 0 amide bonds. The van der Waals surface area contributed by atoms with Crippen LogP contribution in [-0.4, -0.2) is 11.7 Å². The van der Waals surface area contributed by atoms with Gasteiger partial charge < -0.3 is 5.11 Å². The molecule has 1 N–H and O–H groups in total. The molecule has 2 unspecified atom stereocenters. The van der Waals surface area contributed by atoms with Gasteiger partial charge in [-0.3, -0.25) is 0 Å². The molecular weight excluding hydrogens is 112 g/mol. The van der Waals surface area contributed by atoms with Gasteiger partial charge in [0.1, 0.15) is 0 Å². The molecule has 0 aliphatic heterocycles. The van der Waals surface area contributed by atoms with Gasteiger partial charge in [0, 0.05) is 6.61 Å². The number of rotatable bonds is 1. The van der Waals surface area contributed by atoms with E-state index in [9.17, 15) is 0 Å². The second kappa shape index (κ2) is 1.51. The van der Waals surface area contributed by atoms with E-state index in [1.807, 2.05) is 0 Å². The van der Waals surface area contributed by atoms with E-state index >= 15 is 0 Å². The molecule has 0 aromatic rings. The fourth-order valence-corrected chi connectivity index (χ4v) is 2.29. The minimum absolute atomic E-state index is 0.313. The van der Waals surface area contributed by atoms with Crippen molar-refractivity contribution < 1.29 is 5.11 Å². The van der Waals surface area contributed by atoms with Crippen LogP contribution in [0.5, 0.6) is 0 Å². The molecule has 0 aromatic heterocycles. The molecule has 0 bridgehead atoms. The summed E-state index contributed by atoms with van der Waals surface area (Å²) in [4.78, 5) is 0. The zero-order chi connectivity index (χ0) is 6.48. The molecule has 2 aliphatic rings. The lowest BCUT2D eigenvalue weighted by atomic mass is 9.86. The maximum atomic E-state index is 8.96. The van der Waals surface area contributed by atoms with Crippen LogP contribution >= 0.6 is 0 Å². The Morgan fingerprint density at radius 1 is 1.44 bits per heavy atom. The Balaban J connectivity index is 2.02. The average molecular weight is 126 g/mol. The summed E-state index contributed by atoms with van der Waals surface area (Å²) in [6.45, 7) is 2.61. The quantitative estimate of drug-likeness (QED) is 0.563. The van der Waals surface area contributed by atoms with Crippen molar-refractivity contribution in [2.75, 3.05) is 6.61 Å². The molecular formula is C8H14O. The predicted octanol–water partition coefficient (Wildman–Crippen LogP) is 1.41. The fourth-order valence-electron chi connectivity index (χ4n) is 2.29. The lowest BCUT2D eigenvalue weighted by molar-refractivity contribution is 0.135. The smallest absolute Gasteiger partial charge is 0.0484 e. The van der Waals surface area contributed by atoms with Crippen LogP contribution in [0.4, 0.5) is 0 Å². The third kappa shape index (κ3) is 0.787. The molecule has 1 heteroatoms. The first-order valence-electron chi connectivity index (χ1n) is 3.84. The van der Waals surface area contributed by atoms with Gasteiger partial charge in [-0.05, 0) is 36.5 Å². The van der Waals surface area contributed by atoms with E-state index in [1.54, 1.807) is 0 Å². The van der Waals surface area contributed by atoms with Crippen LogP contribution in [0, 0.1) is 17.3 Å². The lowest BCUT2D eigenvalue weighted by Crippen LogP contribution is -2.18. The van der Waals surface area contributed by atoms with Crippen molar-refractivity contribution in [3.8, 4) is 0 Å². The summed E-state index contributed by atoms with van der Waals surface area (Å²) >= 11 is 0. The molecule has 2 atom stereocenters. The van der Waals surface area contributed by atoms with Gasteiger partial charge in [0.25, 0.3) is 0 Å². The first-order chi connectivity index (χ1) is 4.23. The third-order valence-corrected chi connectivity index (χ3v) is 2.96. The number of aliphatic hydroxyl groups excluding tert-OH is 1. The second-order valence-corrected chi connectivity index (χ2v) is 4.13. The van der Waals surface area contributed by atoms with Gasteiger partial charge in [-0.15, -0.1) is 0 Å². The molecule has 0 spiro atoms. The van der Waals surface area contributed by atoms with Crippen LogP contribution in [0.2, 0.25) is 0 Å². The topological polar surface area (TPSA) is 20.2 Å². The van der Waals surface area contributed by atoms with Crippen LogP contribution in [0.25, 0.3) is 0 Å². The normalized spacial score (nSPS) is 55.3. The van der Waals surface area contributed by atoms with Crippen LogP contribution in [0.15, 0.2) is 0 Å². The highest BCUT2D eigenvalue weighted by Gasteiger charge is 2.51. The molecule has 0 saturated heterocycles. The van der Waals surface area contributed by atoms with Gasteiger partial charge in [-0.2, -0.15) is 0 Å². The first-order valence-corrected chi connectivity index (χ1v) is 3.84. The number of fused-ring (bicyclic) bond motifs is 1. The minimum atomic E-state index is 0.313. The van der Waals surface area contributed by atoms with E-state index in [4.69, 9.17) is 5.11 Å². The fraction of sp³-hybridized carbons (Fsp3) is 1.00. The highest BCUT2D eigenvalue weighted by atomic mass is 16.3. The third-order valence-electron chi connectivity index (χ3n) is 2.96. The molecule has 52 valence electrons. The van der Waals surface area contributed by atoms with E-state index < -0.39 is 0 Å². The molecule has 2 rings (SSSR count). The summed E-state index contributed by atoms with van der Waals surface area (Å²) in [5.41, 5.74) is 0.313. The zero-order valence-corrected chi connectivity index (χ0v) is 5.93. The van der Waals surface area contributed by atoms with Crippen molar-refractivity contribution in [2.24, 2.45) is 17.3 Å². The maximum absolute atomic E-state index is 8.96. The van der Waals surface area contributed by atoms with E-state index in [0.717, 1.165) is 11.8 Å². The van der Waals surface area contributed by atoms with Crippen molar-refractivity contribution in [3.05, 3.63) is 0 Å². The maximum Gasteiger partial charge on any atom is 0.0484 e. The summed E-state index contributed by atoms with van der Waals surface area (Å²) in [5, 5.41) is 8.96. The summed E-state index contributed by atoms with van der Waals surface area (Å²) in [6, 6.07) is 0. The molecule has 2 aliphatic carbocycles. The Bertz CT molecular complexity index is 121. The van der Waals surface area contributed by atoms with Gasteiger partial charge in [0.15, 0.2) is 0 Å². The van der Waals surface area contributed by atoms with Gasteiger partial charge in [0.05, 0.1) is 0 Å². The highest BCUT2D eigenvalue weighted by molar-refractivity contribution is 5.01. The summed E-state index contributed by atoms with van der Waals surface area (Å²) in [7, 11) is 0. The molecule has 0 radical (unpaired) electrons. The monoisotopic (exact) mass is 126 g/mol. The molecule has 0 heterocycles. The first kappa shape index (κ1) is 5.72. The average Bonchev–Trinajstić information content (AvgIpc) is 2.42.